The lowest BCUT2D eigenvalue weighted by Gasteiger charge is -2.12. The van der Waals surface area contributed by atoms with Gasteiger partial charge in [0.1, 0.15) is 5.75 Å². The summed E-state index contributed by atoms with van der Waals surface area (Å²) in [6.45, 7) is 0. The molecule has 0 unspecified atom stereocenters. The molecule has 0 bridgehead atoms. The van der Waals surface area contributed by atoms with Gasteiger partial charge in [-0.2, -0.15) is 0 Å². The van der Waals surface area contributed by atoms with Crippen molar-refractivity contribution in [3.05, 3.63) is 41.5 Å². The maximum atomic E-state index is 5.33. The van der Waals surface area contributed by atoms with Crippen LogP contribution in [0.1, 0.15) is 30.4 Å². The van der Waals surface area contributed by atoms with Gasteiger partial charge in [0.2, 0.25) is 0 Å². The third-order valence-corrected chi connectivity index (χ3v) is 5.57. The Balaban J connectivity index is 1.82. The van der Waals surface area contributed by atoms with Gasteiger partial charge in [-0.3, -0.25) is 0 Å². The average molecular weight is 338 g/mol. The fraction of sp³-hybridized carbons (Fsp3) is 0.350. The Kier molecular flexibility index (Phi) is 4.23. The predicted molar refractivity (Wildman–Crippen MR) is 101 cm³/mol. The Bertz CT molecular complexity index is 885. The van der Waals surface area contributed by atoms with Crippen molar-refractivity contribution in [2.24, 2.45) is 0 Å². The van der Waals surface area contributed by atoms with E-state index in [2.05, 4.69) is 35.5 Å². The van der Waals surface area contributed by atoms with Gasteiger partial charge in [-0.05, 0) is 73.4 Å². The molecule has 4 heteroatoms. The first-order valence-corrected chi connectivity index (χ1v) is 9.75. The highest BCUT2D eigenvalue weighted by molar-refractivity contribution is 7.98. The number of nitrogens with zero attached hydrogens (tertiary/aromatic N) is 1. The second kappa shape index (κ2) is 6.52. The van der Waals surface area contributed by atoms with Crippen molar-refractivity contribution in [3.8, 4) is 17.1 Å². The molecule has 0 spiro atoms. The van der Waals surface area contributed by atoms with Gasteiger partial charge in [0.15, 0.2) is 0 Å². The van der Waals surface area contributed by atoms with E-state index in [4.69, 9.17) is 9.72 Å². The molecule has 1 aliphatic carbocycles. The van der Waals surface area contributed by atoms with Crippen LogP contribution in [0, 0.1) is 0 Å². The Morgan fingerprint density at radius 1 is 1.08 bits per heavy atom. The van der Waals surface area contributed by atoms with Crippen molar-refractivity contribution >= 4 is 22.7 Å². The molecular weight excluding hydrogens is 316 g/mol. The molecule has 0 radical (unpaired) electrons. The summed E-state index contributed by atoms with van der Waals surface area (Å²) in [5.74, 6) is 0.882. The van der Waals surface area contributed by atoms with E-state index < -0.39 is 0 Å². The van der Waals surface area contributed by atoms with Crippen LogP contribution in [0.15, 0.2) is 35.4 Å². The van der Waals surface area contributed by atoms with Crippen LogP contribution >= 0.6 is 11.8 Å². The molecule has 2 heterocycles. The second-order valence-corrected chi connectivity index (χ2v) is 7.15. The van der Waals surface area contributed by atoms with Crippen molar-refractivity contribution in [3.63, 3.8) is 0 Å². The van der Waals surface area contributed by atoms with Crippen LogP contribution in [0.2, 0.25) is 0 Å². The fourth-order valence-electron chi connectivity index (χ4n) is 3.57. The Morgan fingerprint density at radius 2 is 1.96 bits per heavy atom. The van der Waals surface area contributed by atoms with Crippen LogP contribution in [0.25, 0.3) is 22.3 Å². The molecule has 0 saturated heterocycles. The third-order valence-electron chi connectivity index (χ3n) is 4.85. The molecule has 3 nitrogen and oxygen atoms in total. The standard InChI is InChI=1S/C20H22N2OS/c1-23-15-8-9-17-14(10-15)12-18(21-17)19-11-13-6-4-3-5-7-16(13)20(22-19)24-2/h8-12,21H,3-7H2,1-2H3. The van der Waals surface area contributed by atoms with Gasteiger partial charge in [-0.1, -0.05) is 6.42 Å². The highest BCUT2D eigenvalue weighted by atomic mass is 32.2. The smallest absolute Gasteiger partial charge is 0.119 e. The van der Waals surface area contributed by atoms with Crippen molar-refractivity contribution in [2.45, 2.75) is 37.1 Å². The summed E-state index contributed by atoms with van der Waals surface area (Å²) >= 11 is 1.77. The molecular formula is C20H22N2OS. The zero-order chi connectivity index (χ0) is 16.5. The lowest BCUT2D eigenvalue weighted by molar-refractivity contribution is 0.415. The van der Waals surface area contributed by atoms with Crippen LogP contribution in [-0.4, -0.2) is 23.3 Å². The summed E-state index contributed by atoms with van der Waals surface area (Å²) in [7, 11) is 1.70. The van der Waals surface area contributed by atoms with E-state index in [1.165, 1.54) is 48.3 Å². The Labute approximate surface area is 146 Å². The largest absolute Gasteiger partial charge is 0.497 e. The van der Waals surface area contributed by atoms with Crippen molar-refractivity contribution < 1.29 is 4.74 Å². The maximum absolute atomic E-state index is 5.33. The van der Waals surface area contributed by atoms with E-state index in [0.717, 1.165) is 28.0 Å². The first-order chi connectivity index (χ1) is 11.8. The van der Waals surface area contributed by atoms with E-state index in [1.807, 2.05) is 6.07 Å². The summed E-state index contributed by atoms with van der Waals surface area (Å²) in [5, 5.41) is 2.35. The van der Waals surface area contributed by atoms with E-state index in [-0.39, 0.29) is 0 Å². The van der Waals surface area contributed by atoms with Gasteiger partial charge in [0.05, 0.1) is 23.5 Å². The number of nitrogens with one attached hydrogen (secondary N) is 1. The number of ether oxygens (including phenoxy) is 1. The molecule has 0 aliphatic heterocycles. The summed E-state index contributed by atoms with van der Waals surface area (Å²) < 4.78 is 5.33. The average Bonchev–Trinajstić information content (AvgIpc) is 2.90. The van der Waals surface area contributed by atoms with E-state index in [9.17, 15) is 0 Å². The number of aromatic amines is 1. The quantitative estimate of drug-likeness (QED) is 0.525. The number of methoxy groups -OCH3 is 1. The molecule has 24 heavy (non-hydrogen) atoms. The van der Waals surface area contributed by atoms with Gasteiger partial charge in [0.25, 0.3) is 0 Å². The SMILES string of the molecule is COc1ccc2[nH]c(-c3cc4c(c(SC)n3)CCCCC4)cc2c1. The van der Waals surface area contributed by atoms with Gasteiger partial charge >= 0.3 is 0 Å². The molecule has 1 aliphatic rings. The molecule has 0 amide bonds. The van der Waals surface area contributed by atoms with Crippen LogP contribution in [0.5, 0.6) is 5.75 Å². The molecule has 4 rings (SSSR count). The second-order valence-electron chi connectivity index (χ2n) is 6.35. The number of aryl methyl sites for hydroxylation is 1. The molecule has 0 atom stereocenters. The van der Waals surface area contributed by atoms with Gasteiger partial charge in [-0.15, -0.1) is 11.8 Å². The van der Waals surface area contributed by atoms with Gasteiger partial charge in [0, 0.05) is 10.9 Å². The summed E-state index contributed by atoms with van der Waals surface area (Å²) in [6, 6.07) is 10.6. The molecule has 0 fully saturated rings. The zero-order valence-corrected chi connectivity index (χ0v) is 15.0. The lowest BCUT2D eigenvalue weighted by atomic mass is 10.0. The van der Waals surface area contributed by atoms with Gasteiger partial charge in [-0.25, -0.2) is 4.98 Å². The molecule has 124 valence electrons. The number of hydrogen-bond acceptors (Lipinski definition) is 3. The van der Waals surface area contributed by atoms with E-state index in [0.29, 0.717) is 0 Å². The van der Waals surface area contributed by atoms with Crippen LogP contribution in [0.4, 0.5) is 0 Å². The molecule has 0 saturated carbocycles. The van der Waals surface area contributed by atoms with Crippen molar-refractivity contribution in [1.82, 2.24) is 9.97 Å². The maximum Gasteiger partial charge on any atom is 0.119 e. The predicted octanol–water partition coefficient (Wildman–Crippen LogP) is 5.23. The molecule has 2 aromatic heterocycles. The van der Waals surface area contributed by atoms with Gasteiger partial charge < -0.3 is 9.72 Å². The number of hydrogen-bond donors (Lipinski definition) is 1. The minimum absolute atomic E-state index is 0.882. The topological polar surface area (TPSA) is 37.9 Å². The van der Waals surface area contributed by atoms with Crippen molar-refractivity contribution in [1.29, 1.82) is 0 Å². The van der Waals surface area contributed by atoms with Crippen LogP contribution < -0.4 is 4.74 Å². The first kappa shape index (κ1) is 15.6. The highest BCUT2D eigenvalue weighted by Crippen LogP contribution is 2.33. The number of rotatable bonds is 3. The number of H-pyrrole nitrogens is 1. The number of thioether (sulfide) groups is 1. The number of fused-ring (bicyclic) bond motifs is 2. The molecule has 1 N–H and O–H groups in total. The Morgan fingerprint density at radius 3 is 2.79 bits per heavy atom. The number of benzene rings is 1. The number of aromatic nitrogens is 2. The normalized spacial score (nSPS) is 14.4. The number of pyridine rings is 1. The summed E-state index contributed by atoms with van der Waals surface area (Å²) in [4.78, 5) is 8.46. The summed E-state index contributed by atoms with van der Waals surface area (Å²) in [6.07, 6.45) is 8.37. The first-order valence-electron chi connectivity index (χ1n) is 8.52. The van der Waals surface area contributed by atoms with Crippen molar-refractivity contribution in [2.75, 3.05) is 13.4 Å². The minimum atomic E-state index is 0.882. The zero-order valence-electron chi connectivity index (χ0n) is 14.2. The molecule has 3 aromatic rings. The summed E-state index contributed by atoms with van der Waals surface area (Å²) in [5.41, 5.74) is 6.21. The third kappa shape index (κ3) is 2.80. The molecule has 1 aromatic carbocycles. The van der Waals surface area contributed by atoms with E-state index >= 15 is 0 Å². The minimum Gasteiger partial charge on any atom is -0.497 e. The Hall–Kier alpha value is -1.94. The van der Waals surface area contributed by atoms with Crippen LogP contribution in [0.3, 0.4) is 0 Å². The van der Waals surface area contributed by atoms with E-state index in [1.54, 1.807) is 18.9 Å². The van der Waals surface area contributed by atoms with Crippen LogP contribution in [-0.2, 0) is 12.8 Å². The monoisotopic (exact) mass is 338 g/mol. The highest BCUT2D eigenvalue weighted by Gasteiger charge is 2.16. The lowest BCUT2D eigenvalue weighted by Crippen LogP contribution is -1.99. The fourth-order valence-corrected chi connectivity index (χ4v) is 4.23.